The van der Waals surface area contributed by atoms with E-state index in [2.05, 4.69) is 22.8 Å². The van der Waals surface area contributed by atoms with Crippen molar-refractivity contribution >= 4 is 23.6 Å². The number of anilines is 2. The average molecular weight is 392 g/mol. The zero-order chi connectivity index (χ0) is 20.1. The van der Waals surface area contributed by atoms with Crippen molar-refractivity contribution in [2.24, 2.45) is 17.3 Å². The molecule has 2 aliphatic rings. The third-order valence-corrected chi connectivity index (χ3v) is 5.65. The Labute approximate surface area is 169 Å². The first-order valence-corrected chi connectivity index (χ1v) is 9.79. The number of rotatable bonds is 6. The van der Waals surface area contributed by atoms with Crippen molar-refractivity contribution in [3.8, 4) is 0 Å². The second-order valence-electron chi connectivity index (χ2n) is 7.69. The van der Waals surface area contributed by atoms with Crippen LogP contribution >= 0.6 is 0 Å². The molecule has 2 amide bonds. The van der Waals surface area contributed by atoms with E-state index < -0.39 is 12.2 Å². The predicted octanol–water partition coefficient (Wildman–Crippen LogP) is 5.07. The van der Waals surface area contributed by atoms with Gasteiger partial charge in [-0.2, -0.15) is 0 Å². The van der Waals surface area contributed by atoms with Gasteiger partial charge in [-0.25, -0.2) is 9.59 Å². The monoisotopic (exact) mass is 392 g/mol. The summed E-state index contributed by atoms with van der Waals surface area (Å²) >= 11 is 0. The Morgan fingerprint density at radius 2 is 1.34 bits per heavy atom. The molecule has 1 saturated carbocycles. The maximum Gasteiger partial charge on any atom is 0.411 e. The Bertz CT molecular complexity index is 825. The Morgan fingerprint density at radius 3 is 1.76 bits per heavy atom. The van der Waals surface area contributed by atoms with Crippen LogP contribution in [0.2, 0.25) is 0 Å². The second kappa shape index (κ2) is 8.39. The summed E-state index contributed by atoms with van der Waals surface area (Å²) in [4.78, 5) is 24.5. The van der Waals surface area contributed by atoms with Crippen LogP contribution in [0.1, 0.15) is 12.8 Å². The summed E-state index contributed by atoms with van der Waals surface area (Å²) in [6, 6.07) is 18.3. The third-order valence-electron chi connectivity index (χ3n) is 5.65. The summed E-state index contributed by atoms with van der Waals surface area (Å²) in [5.41, 5.74) is 0.970. The van der Waals surface area contributed by atoms with Crippen LogP contribution in [-0.2, 0) is 9.47 Å². The van der Waals surface area contributed by atoms with Gasteiger partial charge in [0, 0.05) is 16.8 Å². The summed E-state index contributed by atoms with van der Waals surface area (Å²) in [5.74, 6) is 0.683. The van der Waals surface area contributed by atoms with Crippen LogP contribution in [0.3, 0.4) is 0 Å². The van der Waals surface area contributed by atoms with E-state index in [1.807, 2.05) is 36.4 Å². The molecule has 1 fully saturated rings. The minimum absolute atomic E-state index is 0.204. The van der Waals surface area contributed by atoms with Gasteiger partial charge in [-0.3, -0.25) is 10.6 Å². The number of nitrogens with one attached hydrogen (secondary N) is 2. The molecule has 6 heteroatoms. The fourth-order valence-electron chi connectivity index (χ4n) is 4.20. The average Bonchev–Trinajstić information content (AvgIpc) is 3.34. The van der Waals surface area contributed by atoms with Crippen molar-refractivity contribution in [2.45, 2.75) is 12.8 Å². The minimum atomic E-state index is -0.504. The molecule has 2 aromatic carbocycles. The number of carbonyl (C=O) groups excluding carboxylic acids is 2. The Balaban J connectivity index is 1.35. The quantitative estimate of drug-likeness (QED) is 0.673. The lowest BCUT2D eigenvalue weighted by Gasteiger charge is -2.34. The number of benzene rings is 2. The van der Waals surface area contributed by atoms with Gasteiger partial charge in [0.25, 0.3) is 0 Å². The van der Waals surface area contributed by atoms with E-state index in [0.29, 0.717) is 17.3 Å². The summed E-state index contributed by atoms with van der Waals surface area (Å²) in [7, 11) is 0. The second-order valence-corrected chi connectivity index (χ2v) is 7.69. The lowest BCUT2D eigenvalue weighted by Crippen LogP contribution is -2.39. The van der Waals surface area contributed by atoms with Gasteiger partial charge in [0.2, 0.25) is 0 Å². The van der Waals surface area contributed by atoms with Crippen LogP contribution in [0.25, 0.3) is 0 Å². The lowest BCUT2D eigenvalue weighted by molar-refractivity contribution is 0.0172. The topological polar surface area (TPSA) is 76.7 Å². The molecule has 2 N–H and O–H groups in total. The molecule has 150 valence electrons. The van der Waals surface area contributed by atoms with Gasteiger partial charge in [-0.05, 0) is 48.9 Å². The molecule has 4 rings (SSSR count). The summed E-state index contributed by atoms with van der Waals surface area (Å²) in [5, 5.41) is 5.45. The molecule has 2 atom stereocenters. The highest BCUT2D eigenvalue weighted by molar-refractivity contribution is 5.85. The van der Waals surface area contributed by atoms with Crippen molar-refractivity contribution in [3.05, 3.63) is 72.8 Å². The van der Waals surface area contributed by atoms with Gasteiger partial charge in [0.1, 0.15) is 13.2 Å². The van der Waals surface area contributed by atoms with Crippen LogP contribution in [0.5, 0.6) is 0 Å². The number of hydrogen-bond acceptors (Lipinski definition) is 4. The Hall–Kier alpha value is -3.28. The van der Waals surface area contributed by atoms with E-state index >= 15 is 0 Å². The van der Waals surface area contributed by atoms with Crippen LogP contribution in [0.4, 0.5) is 21.0 Å². The van der Waals surface area contributed by atoms with Crippen LogP contribution in [-0.4, -0.2) is 25.4 Å². The van der Waals surface area contributed by atoms with Gasteiger partial charge in [-0.1, -0.05) is 48.6 Å². The minimum Gasteiger partial charge on any atom is -0.449 e. The first kappa shape index (κ1) is 19.1. The fourth-order valence-corrected chi connectivity index (χ4v) is 4.20. The highest BCUT2D eigenvalue weighted by atomic mass is 16.6. The number of para-hydroxylation sites is 2. The molecule has 2 bridgehead atoms. The summed E-state index contributed by atoms with van der Waals surface area (Å²) in [6.07, 6.45) is 5.20. The molecule has 6 nitrogen and oxygen atoms in total. The lowest BCUT2D eigenvalue weighted by atomic mass is 9.77. The van der Waals surface area contributed by atoms with E-state index in [1.54, 1.807) is 24.3 Å². The molecule has 0 saturated heterocycles. The number of ether oxygens (including phenoxy) is 2. The molecule has 0 aromatic heterocycles. The van der Waals surface area contributed by atoms with E-state index in [0.717, 1.165) is 12.8 Å². The van der Waals surface area contributed by atoms with E-state index in [9.17, 15) is 9.59 Å². The van der Waals surface area contributed by atoms with Crippen molar-refractivity contribution < 1.29 is 19.1 Å². The van der Waals surface area contributed by atoms with Crippen molar-refractivity contribution in [3.63, 3.8) is 0 Å². The zero-order valence-electron chi connectivity index (χ0n) is 16.0. The van der Waals surface area contributed by atoms with Crippen molar-refractivity contribution in [1.82, 2.24) is 0 Å². The van der Waals surface area contributed by atoms with E-state index in [1.165, 1.54) is 0 Å². The first-order valence-electron chi connectivity index (χ1n) is 9.79. The van der Waals surface area contributed by atoms with Gasteiger partial charge in [-0.15, -0.1) is 0 Å². The van der Waals surface area contributed by atoms with Gasteiger partial charge < -0.3 is 9.47 Å². The molecule has 0 unspecified atom stereocenters. The smallest absolute Gasteiger partial charge is 0.411 e. The molecule has 0 spiro atoms. The van der Waals surface area contributed by atoms with Gasteiger partial charge in [0.05, 0.1) is 0 Å². The summed E-state index contributed by atoms with van der Waals surface area (Å²) < 4.78 is 11.1. The van der Waals surface area contributed by atoms with E-state index in [4.69, 9.17) is 9.47 Å². The molecular weight excluding hydrogens is 368 g/mol. The number of fused-ring (bicyclic) bond motifs is 2. The van der Waals surface area contributed by atoms with Crippen LogP contribution < -0.4 is 10.6 Å². The first-order chi connectivity index (χ1) is 14.1. The zero-order valence-corrected chi connectivity index (χ0v) is 16.0. The Kier molecular flexibility index (Phi) is 5.51. The molecule has 0 radical (unpaired) electrons. The van der Waals surface area contributed by atoms with Crippen LogP contribution in [0, 0.1) is 17.3 Å². The maximum atomic E-state index is 12.2. The number of amides is 2. The maximum absolute atomic E-state index is 12.2. The molecule has 0 aliphatic heterocycles. The van der Waals surface area contributed by atoms with Crippen molar-refractivity contribution in [2.75, 3.05) is 23.8 Å². The van der Waals surface area contributed by atoms with Crippen molar-refractivity contribution in [1.29, 1.82) is 0 Å². The standard InChI is InChI=1S/C23H24N2O4/c26-21(24-19-7-3-1-4-8-19)28-15-23(14-17-11-12-18(23)13-17)16-29-22(27)25-20-9-5-2-6-10-20/h1-12,17-18H,13-16H2,(H,24,26)(H,25,27)/t17-,18-/m1/s1. The molecular formula is C23H24N2O4. The predicted molar refractivity (Wildman–Crippen MR) is 111 cm³/mol. The highest BCUT2D eigenvalue weighted by Gasteiger charge is 2.50. The molecule has 29 heavy (non-hydrogen) atoms. The largest absolute Gasteiger partial charge is 0.449 e. The molecule has 2 aromatic rings. The number of carbonyl (C=O) groups is 2. The number of allylic oxidation sites excluding steroid dienone is 2. The van der Waals surface area contributed by atoms with Gasteiger partial charge >= 0.3 is 12.2 Å². The normalized spacial score (nSPS) is 20.8. The van der Waals surface area contributed by atoms with E-state index in [-0.39, 0.29) is 24.5 Å². The Morgan fingerprint density at radius 1 is 0.828 bits per heavy atom. The van der Waals surface area contributed by atoms with Crippen LogP contribution in [0.15, 0.2) is 72.8 Å². The third kappa shape index (κ3) is 4.59. The molecule has 0 heterocycles. The SMILES string of the molecule is O=C(Nc1ccccc1)OCC1(COC(=O)Nc2ccccc2)C[C@@H]2C=C[C@@H]1C2. The summed E-state index contributed by atoms with van der Waals surface area (Å²) in [6.45, 7) is 0.408. The molecule has 2 aliphatic carbocycles. The van der Waals surface area contributed by atoms with Gasteiger partial charge in [0.15, 0.2) is 0 Å². The number of hydrogen-bond donors (Lipinski definition) is 2. The fraction of sp³-hybridized carbons (Fsp3) is 0.304. The highest BCUT2D eigenvalue weighted by Crippen LogP contribution is 2.52.